The number of para-hydroxylation sites is 1. The lowest BCUT2D eigenvalue weighted by Gasteiger charge is -2.38. The minimum absolute atomic E-state index is 0.0743. The molecule has 5 rings (SSSR count). The summed E-state index contributed by atoms with van der Waals surface area (Å²) in [7, 11) is 0. The van der Waals surface area contributed by atoms with Crippen LogP contribution in [0.2, 0.25) is 0 Å². The standard InChI is InChI=1S/C22H22FN5/c1-14-12-20(27-26-14)28-19-5-3-2-4-16(19)13-24-22(28)21(25-18-10-11-18)15-6-8-17(23)9-7-15/h2-9,12-13,18,21-22,25H,10-11H2,1H3,(H,26,27). The van der Waals surface area contributed by atoms with E-state index >= 15 is 0 Å². The molecule has 5 nitrogen and oxygen atoms in total. The van der Waals surface area contributed by atoms with Crippen LogP contribution < -0.4 is 10.2 Å². The molecule has 2 aliphatic rings. The summed E-state index contributed by atoms with van der Waals surface area (Å²) in [6, 6.07) is 17.4. The van der Waals surface area contributed by atoms with Gasteiger partial charge in [0.15, 0.2) is 5.82 Å². The number of benzene rings is 2. The average Bonchev–Trinajstić information content (AvgIpc) is 3.44. The first-order valence-corrected chi connectivity index (χ1v) is 9.64. The van der Waals surface area contributed by atoms with Crippen LogP contribution in [0.5, 0.6) is 0 Å². The predicted octanol–water partition coefficient (Wildman–Crippen LogP) is 4.25. The second kappa shape index (κ2) is 6.87. The number of rotatable bonds is 5. The quantitative estimate of drug-likeness (QED) is 0.701. The van der Waals surface area contributed by atoms with E-state index in [-0.39, 0.29) is 18.0 Å². The SMILES string of the molecule is Cc1cc(N2c3ccccc3C=NC2C(NC2CC2)c2ccc(F)cc2)n[nH]1. The third kappa shape index (κ3) is 3.20. The third-order valence-electron chi connectivity index (χ3n) is 5.29. The molecule has 142 valence electrons. The van der Waals surface area contributed by atoms with Crippen LogP contribution in [0.4, 0.5) is 15.9 Å². The Kier molecular flexibility index (Phi) is 4.20. The predicted molar refractivity (Wildman–Crippen MR) is 109 cm³/mol. The van der Waals surface area contributed by atoms with Crippen LogP contribution in [0.25, 0.3) is 0 Å². The lowest BCUT2D eigenvalue weighted by atomic mass is 10.00. The summed E-state index contributed by atoms with van der Waals surface area (Å²) in [5, 5.41) is 11.3. The van der Waals surface area contributed by atoms with Crippen LogP contribution >= 0.6 is 0 Å². The van der Waals surface area contributed by atoms with E-state index in [1.807, 2.05) is 43.5 Å². The van der Waals surface area contributed by atoms with E-state index in [4.69, 9.17) is 4.99 Å². The fraction of sp³-hybridized carbons (Fsp3) is 0.273. The smallest absolute Gasteiger partial charge is 0.156 e. The van der Waals surface area contributed by atoms with E-state index in [1.165, 1.54) is 12.1 Å². The summed E-state index contributed by atoms with van der Waals surface area (Å²) in [5.74, 6) is 0.600. The maximum atomic E-state index is 13.5. The Hall–Kier alpha value is -2.99. The largest absolute Gasteiger partial charge is 0.304 e. The van der Waals surface area contributed by atoms with Crippen molar-refractivity contribution in [3.05, 3.63) is 77.2 Å². The van der Waals surface area contributed by atoms with Gasteiger partial charge in [-0.1, -0.05) is 30.3 Å². The van der Waals surface area contributed by atoms with Crippen LogP contribution in [-0.4, -0.2) is 28.6 Å². The summed E-state index contributed by atoms with van der Waals surface area (Å²) >= 11 is 0. The summed E-state index contributed by atoms with van der Waals surface area (Å²) in [6.45, 7) is 1.99. The van der Waals surface area contributed by atoms with Crippen LogP contribution in [0.15, 0.2) is 59.6 Å². The molecule has 2 aromatic carbocycles. The number of hydrogen-bond acceptors (Lipinski definition) is 4. The Morgan fingerprint density at radius 1 is 1.14 bits per heavy atom. The van der Waals surface area contributed by atoms with E-state index in [0.29, 0.717) is 6.04 Å². The molecule has 0 radical (unpaired) electrons. The summed E-state index contributed by atoms with van der Waals surface area (Å²) < 4.78 is 13.5. The molecular formula is C22H22FN5. The minimum atomic E-state index is -0.230. The van der Waals surface area contributed by atoms with Crippen molar-refractivity contribution in [1.82, 2.24) is 15.5 Å². The van der Waals surface area contributed by atoms with Gasteiger partial charge in [0.2, 0.25) is 0 Å². The van der Waals surface area contributed by atoms with E-state index in [9.17, 15) is 4.39 Å². The number of anilines is 2. The lowest BCUT2D eigenvalue weighted by Crippen LogP contribution is -2.44. The summed E-state index contributed by atoms with van der Waals surface area (Å²) in [4.78, 5) is 7.08. The van der Waals surface area contributed by atoms with Gasteiger partial charge >= 0.3 is 0 Å². The van der Waals surface area contributed by atoms with Crippen LogP contribution in [0, 0.1) is 12.7 Å². The fourth-order valence-electron chi connectivity index (χ4n) is 3.73. The molecule has 2 unspecified atom stereocenters. The second-order valence-corrected chi connectivity index (χ2v) is 7.50. The average molecular weight is 375 g/mol. The molecule has 28 heavy (non-hydrogen) atoms. The number of hydrogen-bond donors (Lipinski definition) is 2. The number of aromatic nitrogens is 2. The van der Waals surface area contributed by atoms with Gasteiger partial charge in [-0.15, -0.1) is 0 Å². The van der Waals surface area contributed by atoms with Gasteiger partial charge in [-0.25, -0.2) is 4.39 Å². The van der Waals surface area contributed by atoms with Crippen molar-refractivity contribution in [2.75, 3.05) is 4.90 Å². The minimum Gasteiger partial charge on any atom is -0.304 e. The molecule has 0 saturated heterocycles. The van der Waals surface area contributed by atoms with Crippen LogP contribution in [-0.2, 0) is 0 Å². The molecule has 6 heteroatoms. The van der Waals surface area contributed by atoms with Crippen molar-refractivity contribution in [3.8, 4) is 0 Å². The van der Waals surface area contributed by atoms with Crippen molar-refractivity contribution < 1.29 is 4.39 Å². The third-order valence-corrected chi connectivity index (χ3v) is 5.29. The monoisotopic (exact) mass is 375 g/mol. The molecule has 1 saturated carbocycles. The first-order chi connectivity index (χ1) is 13.7. The maximum Gasteiger partial charge on any atom is 0.156 e. The molecule has 1 aliphatic heterocycles. The zero-order valence-electron chi connectivity index (χ0n) is 15.6. The Morgan fingerprint density at radius 3 is 2.64 bits per heavy atom. The molecular weight excluding hydrogens is 353 g/mol. The molecule has 2 N–H and O–H groups in total. The Labute approximate surface area is 163 Å². The zero-order valence-corrected chi connectivity index (χ0v) is 15.6. The molecule has 0 amide bonds. The van der Waals surface area contributed by atoms with Gasteiger partial charge in [0.05, 0.1) is 11.7 Å². The van der Waals surface area contributed by atoms with Gasteiger partial charge in [0.1, 0.15) is 12.0 Å². The van der Waals surface area contributed by atoms with Gasteiger partial charge in [-0.3, -0.25) is 15.0 Å². The number of aliphatic imine (C=N–C) groups is 1. The lowest BCUT2D eigenvalue weighted by molar-refractivity contribution is 0.441. The van der Waals surface area contributed by atoms with Gasteiger partial charge in [-0.05, 0) is 43.5 Å². The molecule has 3 aromatic rings. The number of fused-ring (bicyclic) bond motifs is 1. The topological polar surface area (TPSA) is 56.3 Å². The highest BCUT2D eigenvalue weighted by molar-refractivity contribution is 5.92. The number of halogens is 1. The van der Waals surface area contributed by atoms with Gasteiger partial charge < -0.3 is 5.32 Å². The number of aryl methyl sites for hydroxylation is 1. The zero-order chi connectivity index (χ0) is 19.1. The fourth-order valence-corrected chi connectivity index (χ4v) is 3.73. The molecule has 0 spiro atoms. The van der Waals surface area contributed by atoms with Crippen molar-refractivity contribution in [2.45, 2.75) is 38.0 Å². The highest BCUT2D eigenvalue weighted by atomic mass is 19.1. The van der Waals surface area contributed by atoms with Crippen LogP contribution in [0.3, 0.4) is 0 Å². The first kappa shape index (κ1) is 17.1. The molecule has 2 atom stereocenters. The normalized spacial score (nSPS) is 19.5. The van der Waals surface area contributed by atoms with E-state index in [2.05, 4.69) is 32.5 Å². The Morgan fingerprint density at radius 2 is 1.93 bits per heavy atom. The highest BCUT2D eigenvalue weighted by Crippen LogP contribution is 2.38. The van der Waals surface area contributed by atoms with E-state index in [0.717, 1.165) is 41.2 Å². The van der Waals surface area contributed by atoms with E-state index in [1.54, 1.807) is 0 Å². The van der Waals surface area contributed by atoms with Crippen LogP contribution in [0.1, 0.15) is 35.7 Å². The number of aromatic amines is 1. The Balaban J connectivity index is 1.61. The highest BCUT2D eigenvalue weighted by Gasteiger charge is 2.37. The van der Waals surface area contributed by atoms with Gasteiger partial charge in [-0.2, -0.15) is 5.10 Å². The second-order valence-electron chi connectivity index (χ2n) is 7.50. The number of nitrogens with zero attached hydrogens (tertiary/aromatic N) is 3. The van der Waals surface area contributed by atoms with Gasteiger partial charge in [0, 0.05) is 29.6 Å². The van der Waals surface area contributed by atoms with Crippen molar-refractivity contribution in [1.29, 1.82) is 0 Å². The molecule has 2 heterocycles. The Bertz CT molecular complexity index is 1010. The number of nitrogens with one attached hydrogen (secondary N) is 2. The van der Waals surface area contributed by atoms with Gasteiger partial charge in [0.25, 0.3) is 0 Å². The number of H-pyrrole nitrogens is 1. The summed E-state index contributed by atoms with van der Waals surface area (Å²) in [5.41, 5.74) is 4.14. The molecule has 1 fully saturated rings. The molecule has 1 aliphatic carbocycles. The van der Waals surface area contributed by atoms with E-state index < -0.39 is 0 Å². The summed E-state index contributed by atoms with van der Waals surface area (Å²) in [6.07, 6.45) is 4.03. The van der Waals surface area contributed by atoms with Crippen molar-refractivity contribution in [3.63, 3.8) is 0 Å². The molecule has 0 bridgehead atoms. The maximum absolute atomic E-state index is 13.5. The van der Waals surface area contributed by atoms with Crippen molar-refractivity contribution >= 4 is 17.7 Å². The molecule has 1 aromatic heterocycles. The first-order valence-electron chi connectivity index (χ1n) is 9.64. The van der Waals surface area contributed by atoms with Crippen molar-refractivity contribution in [2.24, 2.45) is 4.99 Å².